The fourth-order valence-electron chi connectivity index (χ4n) is 4.33. The van der Waals surface area contributed by atoms with Crippen LogP contribution in [0, 0.1) is 25.2 Å². The van der Waals surface area contributed by atoms with E-state index in [-0.39, 0.29) is 6.10 Å². The summed E-state index contributed by atoms with van der Waals surface area (Å²) in [6.07, 6.45) is 3.52. The van der Waals surface area contributed by atoms with E-state index >= 15 is 0 Å². The Balaban J connectivity index is 1.48. The number of H-pyrrole nitrogens is 1. The van der Waals surface area contributed by atoms with Gasteiger partial charge in [0.05, 0.1) is 19.2 Å². The summed E-state index contributed by atoms with van der Waals surface area (Å²) in [7, 11) is 0. The first-order valence-electron chi connectivity index (χ1n) is 10.8. The van der Waals surface area contributed by atoms with Crippen LogP contribution < -0.4 is 15.2 Å². The predicted octanol–water partition coefficient (Wildman–Crippen LogP) is 2.71. The quantitative estimate of drug-likeness (QED) is 0.765. The third kappa shape index (κ3) is 4.35. The molecule has 0 spiro atoms. The van der Waals surface area contributed by atoms with Gasteiger partial charge in [-0.25, -0.2) is 4.98 Å². The summed E-state index contributed by atoms with van der Waals surface area (Å²) < 4.78 is 5.69. The van der Waals surface area contributed by atoms with E-state index in [1.807, 2.05) is 6.07 Å². The summed E-state index contributed by atoms with van der Waals surface area (Å²) in [6, 6.07) is 8.59. The Kier molecular flexibility index (Phi) is 6.35. The number of aromatic nitrogens is 1. The van der Waals surface area contributed by atoms with Crippen LogP contribution in [0.5, 0.6) is 0 Å². The van der Waals surface area contributed by atoms with Gasteiger partial charge in [-0.1, -0.05) is 12.1 Å². The number of pyridine rings is 1. The lowest BCUT2D eigenvalue weighted by Gasteiger charge is -2.24. The van der Waals surface area contributed by atoms with Crippen molar-refractivity contribution in [1.82, 2.24) is 10.2 Å². The van der Waals surface area contributed by atoms with Gasteiger partial charge in [-0.3, -0.25) is 4.90 Å². The second-order valence-electron chi connectivity index (χ2n) is 8.26. The van der Waals surface area contributed by atoms with Crippen LogP contribution in [-0.2, 0) is 4.74 Å². The number of rotatable bonds is 3. The molecule has 30 heavy (non-hydrogen) atoms. The topological polar surface area (TPSA) is 65.7 Å². The summed E-state index contributed by atoms with van der Waals surface area (Å²) in [5.74, 6) is 0.916. The Bertz CT molecular complexity index is 980. The van der Waals surface area contributed by atoms with Crippen LogP contribution >= 0.6 is 12.2 Å². The van der Waals surface area contributed by atoms with Gasteiger partial charge in [0.15, 0.2) is 5.11 Å². The average molecular weight is 425 g/mol. The maximum Gasteiger partial charge on any atom is 0.293 e. The van der Waals surface area contributed by atoms with E-state index in [1.54, 1.807) is 0 Å². The summed E-state index contributed by atoms with van der Waals surface area (Å²) in [5.41, 5.74) is 4.28. The first-order chi connectivity index (χ1) is 14.6. The molecule has 2 aliphatic heterocycles. The van der Waals surface area contributed by atoms with E-state index in [4.69, 9.17) is 17.0 Å². The number of benzene rings is 1. The smallest absolute Gasteiger partial charge is 0.293 e. The van der Waals surface area contributed by atoms with E-state index in [2.05, 4.69) is 52.2 Å². The zero-order valence-electron chi connectivity index (χ0n) is 17.8. The maximum absolute atomic E-state index is 9.77. The van der Waals surface area contributed by atoms with Crippen molar-refractivity contribution in [2.75, 3.05) is 44.2 Å². The molecule has 2 N–H and O–H groups in total. The number of thiocarbonyl (C=S) groups is 1. The number of fused-ring (bicyclic) bond motifs is 1. The molecule has 0 unspecified atom stereocenters. The minimum absolute atomic E-state index is 0.281. The molecule has 0 saturated carbocycles. The lowest BCUT2D eigenvalue weighted by molar-refractivity contribution is -0.331. The van der Waals surface area contributed by atoms with Gasteiger partial charge in [0.25, 0.3) is 5.82 Å². The van der Waals surface area contributed by atoms with E-state index in [0.717, 1.165) is 80.4 Å². The third-order valence-corrected chi connectivity index (χ3v) is 6.69. The van der Waals surface area contributed by atoms with E-state index in [0.29, 0.717) is 5.56 Å². The van der Waals surface area contributed by atoms with Gasteiger partial charge in [-0.2, -0.15) is 5.26 Å². The monoisotopic (exact) mass is 424 g/mol. The fraction of sp³-hybridized carbons (Fsp3) is 0.522. The Morgan fingerprint density at radius 1 is 1.27 bits per heavy atom. The number of nitrogens with zero attached hydrogens (tertiary/aromatic N) is 3. The number of ether oxygens (including phenoxy) is 1. The molecule has 2 fully saturated rings. The van der Waals surface area contributed by atoms with Crippen molar-refractivity contribution in [3.63, 3.8) is 0 Å². The highest BCUT2D eigenvalue weighted by atomic mass is 32.1. The summed E-state index contributed by atoms with van der Waals surface area (Å²) in [6.45, 7) is 9.37. The SMILES string of the molecule is Cc1ccc2cc(C#N)c(N3CCCN(C(=S)NC[C@H]4CCCO4)CC3)[nH+]c2c1C. The molecule has 2 aromatic rings. The molecule has 0 bridgehead atoms. The van der Waals surface area contributed by atoms with Crippen LogP contribution in [0.4, 0.5) is 5.82 Å². The molecule has 1 aromatic heterocycles. The van der Waals surface area contributed by atoms with E-state index < -0.39 is 0 Å². The van der Waals surface area contributed by atoms with Crippen molar-refractivity contribution in [2.24, 2.45) is 0 Å². The van der Waals surface area contributed by atoms with Crippen LogP contribution in [0.2, 0.25) is 0 Å². The highest BCUT2D eigenvalue weighted by Gasteiger charge is 2.27. The van der Waals surface area contributed by atoms with Crippen LogP contribution in [0.3, 0.4) is 0 Å². The molecule has 1 aromatic carbocycles. The number of hydrogen-bond donors (Lipinski definition) is 1. The number of hydrogen-bond acceptors (Lipinski definition) is 4. The van der Waals surface area contributed by atoms with Crippen molar-refractivity contribution in [3.05, 3.63) is 34.9 Å². The van der Waals surface area contributed by atoms with Gasteiger partial charge >= 0.3 is 0 Å². The number of aromatic amines is 1. The molecule has 3 heterocycles. The standard InChI is InChI=1S/C23H29N5OS/c1-16-6-7-18-13-19(14-24)22(26-21(18)17(16)2)27-8-4-9-28(11-10-27)23(30)25-15-20-5-3-12-29-20/h6-7,13,20H,3-5,8-12,15H2,1-2H3,(H,25,30)/p+1/t20-/m1/s1. The molecule has 7 heteroatoms. The molecular formula is C23H30N5OS+. The number of anilines is 1. The maximum atomic E-state index is 9.77. The zero-order valence-corrected chi connectivity index (χ0v) is 18.6. The molecule has 0 amide bonds. The second-order valence-corrected chi connectivity index (χ2v) is 8.65. The van der Waals surface area contributed by atoms with Gasteiger partial charge in [-0.05, 0) is 56.1 Å². The first-order valence-corrected chi connectivity index (χ1v) is 11.2. The molecule has 0 aliphatic carbocycles. The van der Waals surface area contributed by atoms with Gasteiger partial charge in [0.1, 0.15) is 23.7 Å². The minimum atomic E-state index is 0.281. The lowest BCUT2D eigenvalue weighted by Crippen LogP contribution is -2.44. The average Bonchev–Trinajstić information content (AvgIpc) is 3.16. The minimum Gasteiger partial charge on any atom is -0.376 e. The van der Waals surface area contributed by atoms with Crippen LogP contribution in [0.25, 0.3) is 10.9 Å². The van der Waals surface area contributed by atoms with Gasteiger partial charge in [0, 0.05) is 31.5 Å². The van der Waals surface area contributed by atoms with E-state index in [9.17, 15) is 5.26 Å². The van der Waals surface area contributed by atoms with Crippen molar-refractivity contribution in [1.29, 1.82) is 5.26 Å². The fourth-order valence-corrected chi connectivity index (χ4v) is 4.60. The second kappa shape index (κ2) is 9.15. The lowest BCUT2D eigenvalue weighted by atomic mass is 10.0. The normalized spacial score (nSPS) is 19.6. The van der Waals surface area contributed by atoms with Gasteiger partial charge in [-0.15, -0.1) is 0 Å². The largest absolute Gasteiger partial charge is 0.376 e. The summed E-state index contributed by atoms with van der Waals surface area (Å²) in [5, 5.41) is 15.0. The molecule has 2 saturated heterocycles. The summed E-state index contributed by atoms with van der Waals surface area (Å²) in [4.78, 5) is 8.12. The van der Waals surface area contributed by atoms with Gasteiger partial charge < -0.3 is 15.0 Å². The van der Waals surface area contributed by atoms with Crippen molar-refractivity contribution < 1.29 is 9.72 Å². The predicted molar refractivity (Wildman–Crippen MR) is 123 cm³/mol. The molecule has 4 rings (SSSR count). The Morgan fingerprint density at radius 3 is 2.90 bits per heavy atom. The highest BCUT2D eigenvalue weighted by Crippen LogP contribution is 2.24. The molecular weight excluding hydrogens is 394 g/mol. The Morgan fingerprint density at radius 2 is 2.13 bits per heavy atom. The molecule has 158 valence electrons. The molecule has 2 aliphatic rings. The summed E-state index contributed by atoms with van der Waals surface area (Å²) >= 11 is 5.65. The number of nitriles is 1. The Hall–Kier alpha value is -2.43. The Labute approximate surface area is 183 Å². The van der Waals surface area contributed by atoms with Gasteiger partial charge in [0.2, 0.25) is 0 Å². The van der Waals surface area contributed by atoms with Crippen molar-refractivity contribution in [2.45, 2.75) is 39.2 Å². The zero-order chi connectivity index (χ0) is 21.1. The third-order valence-electron chi connectivity index (χ3n) is 6.29. The highest BCUT2D eigenvalue weighted by molar-refractivity contribution is 7.80. The molecule has 1 atom stereocenters. The first kappa shape index (κ1) is 20.8. The van der Waals surface area contributed by atoms with Crippen LogP contribution in [0.1, 0.15) is 36.0 Å². The molecule has 6 nitrogen and oxygen atoms in total. The van der Waals surface area contributed by atoms with Crippen molar-refractivity contribution in [3.8, 4) is 6.07 Å². The number of aryl methyl sites for hydroxylation is 2. The molecule has 0 radical (unpaired) electrons. The van der Waals surface area contributed by atoms with Crippen molar-refractivity contribution >= 4 is 34.1 Å². The van der Waals surface area contributed by atoms with Crippen LogP contribution in [-0.4, -0.2) is 55.4 Å². The van der Waals surface area contributed by atoms with Crippen LogP contribution in [0.15, 0.2) is 18.2 Å². The number of nitrogens with one attached hydrogen (secondary N) is 2. The van der Waals surface area contributed by atoms with E-state index in [1.165, 1.54) is 11.1 Å².